The minimum Gasteiger partial charge on any atom is -0.493 e. The summed E-state index contributed by atoms with van der Waals surface area (Å²) in [4.78, 5) is 4.24. The maximum absolute atomic E-state index is 5.45. The molecule has 0 bridgehead atoms. The number of nitrogens with zero attached hydrogens (tertiary/aromatic N) is 1. The second kappa shape index (κ2) is 8.66. The molecule has 146 valence electrons. The van der Waals surface area contributed by atoms with Crippen molar-refractivity contribution in [3.8, 4) is 11.5 Å². The van der Waals surface area contributed by atoms with E-state index in [1.807, 2.05) is 6.07 Å². The van der Waals surface area contributed by atoms with Crippen molar-refractivity contribution in [2.24, 2.45) is 0 Å². The van der Waals surface area contributed by atoms with Crippen molar-refractivity contribution in [2.45, 2.75) is 33.2 Å². The van der Waals surface area contributed by atoms with Gasteiger partial charge in [-0.25, -0.2) is 0 Å². The Bertz CT molecular complexity index is 767. The average Bonchev–Trinajstić information content (AvgIpc) is 2.70. The normalized spacial score (nSPS) is 16.3. The predicted molar refractivity (Wildman–Crippen MR) is 112 cm³/mol. The van der Waals surface area contributed by atoms with Crippen LogP contribution >= 0.6 is 0 Å². The highest BCUT2D eigenvalue weighted by Crippen LogP contribution is 2.28. The standard InChI is InChI=1S/C23H32N2O2/c1-17-7-6-8-21(19(17)3)25-13-11-24(12-14-25)18(2)15-20-9-10-22(26-4)23(16-20)27-5/h6-10,16,18H,11-15H2,1-5H3/p+1/t18-/m0/s1. The molecule has 1 heterocycles. The SMILES string of the molecule is COc1ccc(C[C@H](C)[NH+]2CCN(c3cccc(C)c3C)CC2)cc1OC. The van der Waals surface area contributed by atoms with Crippen molar-refractivity contribution >= 4 is 5.69 Å². The molecule has 0 aliphatic carbocycles. The van der Waals surface area contributed by atoms with Crippen LogP contribution in [-0.4, -0.2) is 46.4 Å². The van der Waals surface area contributed by atoms with E-state index in [9.17, 15) is 0 Å². The van der Waals surface area contributed by atoms with Gasteiger partial charge in [-0.15, -0.1) is 0 Å². The summed E-state index contributed by atoms with van der Waals surface area (Å²) in [6.07, 6.45) is 1.05. The summed E-state index contributed by atoms with van der Waals surface area (Å²) >= 11 is 0. The number of rotatable bonds is 6. The smallest absolute Gasteiger partial charge is 0.160 e. The highest BCUT2D eigenvalue weighted by molar-refractivity contribution is 5.56. The zero-order valence-corrected chi connectivity index (χ0v) is 17.3. The lowest BCUT2D eigenvalue weighted by molar-refractivity contribution is -0.923. The second-order valence-electron chi connectivity index (χ2n) is 7.66. The third kappa shape index (κ3) is 4.38. The first kappa shape index (κ1) is 19.6. The van der Waals surface area contributed by atoms with E-state index >= 15 is 0 Å². The summed E-state index contributed by atoms with van der Waals surface area (Å²) in [6, 6.07) is 13.5. The van der Waals surface area contributed by atoms with Crippen LogP contribution in [0.5, 0.6) is 11.5 Å². The number of benzene rings is 2. The molecule has 1 aliphatic heterocycles. The first-order valence-electron chi connectivity index (χ1n) is 9.90. The third-order valence-electron chi connectivity index (χ3n) is 6.01. The number of hydrogen-bond acceptors (Lipinski definition) is 3. The first-order valence-corrected chi connectivity index (χ1v) is 9.90. The summed E-state index contributed by atoms with van der Waals surface area (Å²) < 4.78 is 10.8. The molecule has 0 amide bonds. The van der Waals surface area contributed by atoms with Gasteiger partial charge in [0.1, 0.15) is 0 Å². The number of anilines is 1. The number of methoxy groups -OCH3 is 2. The Morgan fingerprint density at radius 1 is 1.00 bits per heavy atom. The Morgan fingerprint density at radius 3 is 2.37 bits per heavy atom. The fourth-order valence-electron chi connectivity index (χ4n) is 4.11. The Balaban J connectivity index is 1.60. The van der Waals surface area contributed by atoms with E-state index in [1.165, 1.54) is 35.5 Å². The number of nitrogens with one attached hydrogen (secondary N) is 1. The van der Waals surface area contributed by atoms with Crippen molar-refractivity contribution in [1.82, 2.24) is 0 Å². The maximum atomic E-state index is 5.45. The summed E-state index contributed by atoms with van der Waals surface area (Å²) in [5.74, 6) is 1.61. The summed E-state index contributed by atoms with van der Waals surface area (Å²) in [5.41, 5.74) is 5.51. The zero-order chi connectivity index (χ0) is 19.4. The molecule has 1 aliphatic rings. The highest BCUT2D eigenvalue weighted by atomic mass is 16.5. The first-order chi connectivity index (χ1) is 13.0. The van der Waals surface area contributed by atoms with Gasteiger partial charge in [0.2, 0.25) is 0 Å². The molecule has 1 saturated heterocycles. The van der Waals surface area contributed by atoms with Crippen LogP contribution in [0.3, 0.4) is 0 Å². The van der Waals surface area contributed by atoms with Gasteiger partial charge in [-0.3, -0.25) is 0 Å². The van der Waals surface area contributed by atoms with E-state index in [-0.39, 0.29) is 0 Å². The quantitative estimate of drug-likeness (QED) is 0.848. The summed E-state index contributed by atoms with van der Waals surface area (Å²) in [7, 11) is 3.38. The van der Waals surface area contributed by atoms with Crippen LogP contribution in [0.1, 0.15) is 23.6 Å². The number of ether oxygens (including phenoxy) is 2. The number of quaternary nitrogens is 1. The van der Waals surface area contributed by atoms with E-state index in [4.69, 9.17) is 9.47 Å². The molecule has 1 N–H and O–H groups in total. The molecule has 1 fully saturated rings. The molecule has 0 radical (unpaired) electrons. The second-order valence-corrected chi connectivity index (χ2v) is 7.66. The lowest BCUT2D eigenvalue weighted by Crippen LogP contribution is -3.18. The predicted octanol–water partition coefficient (Wildman–Crippen LogP) is 2.66. The Kier molecular flexibility index (Phi) is 6.27. The zero-order valence-electron chi connectivity index (χ0n) is 17.3. The molecule has 2 aromatic carbocycles. The molecule has 0 spiro atoms. The van der Waals surface area contributed by atoms with Crippen molar-refractivity contribution in [3.63, 3.8) is 0 Å². The topological polar surface area (TPSA) is 26.1 Å². The van der Waals surface area contributed by atoms with Crippen LogP contribution in [-0.2, 0) is 6.42 Å². The Labute approximate surface area is 163 Å². The van der Waals surface area contributed by atoms with Gasteiger partial charge in [0.15, 0.2) is 11.5 Å². The van der Waals surface area contributed by atoms with Gasteiger partial charge in [0, 0.05) is 12.1 Å². The molecule has 3 rings (SSSR count). The van der Waals surface area contributed by atoms with E-state index in [0.29, 0.717) is 6.04 Å². The van der Waals surface area contributed by atoms with E-state index in [2.05, 4.69) is 56.0 Å². The Morgan fingerprint density at radius 2 is 1.70 bits per heavy atom. The lowest BCUT2D eigenvalue weighted by atomic mass is 10.0. The van der Waals surface area contributed by atoms with Crippen molar-refractivity contribution < 1.29 is 14.4 Å². The molecule has 4 nitrogen and oxygen atoms in total. The van der Waals surface area contributed by atoms with E-state index < -0.39 is 0 Å². The molecular formula is C23H33N2O2+. The van der Waals surface area contributed by atoms with Gasteiger partial charge in [-0.2, -0.15) is 0 Å². The largest absolute Gasteiger partial charge is 0.493 e. The minimum absolute atomic E-state index is 0.587. The molecular weight excluding hydrogens is 336 g/mol. The van der Waals surface area contributed by atoms with Gasteiger partial charge in [0.05, 0.1) is 46.4 Å². The third-order valence-corrected chi connectivity index (χ3v) is 6.01. The van der Waals surface area contributed by atoms with E-state index in [1.54, 1.807) is 19.1 Å². The van der Waals surface area contributed by atoms with Crippen molar-refractivity contribution in [1.29, 1.82) is 0 Å². The minimum atomic E-state index is 0.587. The molecule has 0 aromatic heterocycles. The van der Waals surface area contributed by atoms with Crippen molar-refractivity contribution in [2.75, 3.05) is 45.3 Å². The van der Waals surface area contributed by atoms with Crippen LogP contribution in [0.25, 0.3) is 0 Å². The van der Waals surface area contributed by atoms with E-state index in [0.717, 1.165) is 31.0 Å². The van der Waals surface area contributed by atoms with Crippen molar-refractivity contribution in [3.05, 3.63) is 53.1 Å². The van der Waals surface area contributed by atoms with Crippen LogP contribution in [0, 0.1) is 13.8 Å². The van der Waals surface area contributed by atoms with Gasteiger partial charge < -0.3 is 19.3 Å². The van der Waals surface area contributed by atoms with Gasteiger partial charge in [-0.05, 0) is 55.7 Å². The molecule has 2 aromatic rings. The number of hydrogen-bond donors (Lipinski definition) is 1. The fraction of sp³-hybridized carbons (Fsp3) is 0.478. The van der Waals surface area contributed by atoms with Gasteiger partial charge in [0.25, 0.3) is 0 Å². The highest BCUT2D eigenvalue weighted by Gasteiger charge is 2.25. The van der Waals surface area contributed by atoms with Crippen LogP contribution in [0.4, 0.5) is 5.69 Å². The molecule has 0 unspecified atom stereocenters. The monoisotopic (exact) mass is 369 g/mol. The average molecular weight is 370 g/mol. The van der Waals surface area contributed by atoms with Gasteiger partial charge in [-0.1, -0.05) is 18.2 Å². The summed E-state index contributed by atoms with van der Waals surface area (Å²) in [5, 5.41) is 0. The lowest BCUT2D eigenvalue weighted by Gasteiger charge is -2.37. The number of piperazine rings is 1. The molecule has 0 saturated carbocycles. The molecule has 27 heavy (non-hydrogen) atoms. The summed E-state index contributed by atoms with van der Waals surface area (Å²) in [6.45, 7) is 11.4. The maximum Gasteiger partial charge on any atom is 0.160 e. The van der Waals surface area contributed by atoms with Gasteiger partial charge >= 0.3 is 0 Å². The van der Waals surface area contributed by atoms with Crippen LogP contribution < -0.4 is 19.3 Å². The van der Waals surface area contributed by atoms with Crippen LogP contribution in [0.15, 0.2) is 36.4 Å². The molecule has 1 atom stereocenters. The Hall–Kier alpha value is -2.20. The molecule has 4 heteroatoms. The van der Waals surface area contributed by atoms with Crippen LogP contribution in [0.2, 0.25) is 0 Å². The number of aryl methyl sites for hydroxylation is 1. The fourth-order valence-corrected chi connectivity index (χ4v) is 4.11.